The first-order valence-electron chi connectivity index (χ1n) is 3.69. The molecule has 0 aliphatic rings. The maximum atomic E-state index is 3.99. The molecule has 0 N–H and O–H groups in total. The summed E-state index contributed by atoms with van der Waals surface area (Å²) in [6.07, 6.45) is 1.67. The molecular formula is C9H11N3. The molecule has 0 heterocycles. The molecule has 12 heavy (non-hydrogen) atoms. The quantitative estimate of drug-likeness (QED) is 0.493. The van der Waals surface area contributed by atoms with Gasteiger partial charge in [-0.1, -0.05) is 18.2 Å². The van der Waals surface area contributed by atoms with Crippen LogP contribution in [0, 0.1) is 0 Å². The first kappa shape index (κ1) is 8.46. The Morgan fingerprint density at radius 1 is 1.33 bits per heavy atom. The topological polar surface area (TPSA) is 28.0 Å². The van der Waals surface area contributed by atoms with Crippen molar-refractivity contribution in [1.29, 1.82) is 0 Å². The van der Waals surface area contributed by atoms with Gasteiger partial charge in [0.05, 0.1) is 5.69 Å². The Balaban J connectivity index is 2.87. The Hall–Kier alpha value is -1.64. The van der Waals surface area contributed by atoms with Gasteiger partial charge in [0.15, 0.2) is 0 Å². The monoisotopic (exact) mass is 161 g/mol. The summed E-state index contributed by atoms with van der Waals surface area (Å²) in [4.78, 5) is 0. The lowest BCUT2D eigenvalue weighted by atomic mass is 10.3. The van der Waals surface area contributed by atoms with Crippen molar-refractivity contribution >= 4 is 18.6 Å². The van der Waals surface area contributed by atoms with Gasteiger partial charge in [0, 0.05) is 12.9 Å². The SMILES string of the molecule is C=NN(/N=C\C)c1ccccc1. The number of hydrazone groups is 2. The first-order valence-corrected chi connectivity index (χ1v) is 3.69. The third-order valence-corrected chi connectivity index (χ3v) is 1.35. The summed E-state index contributed by atoms with van der Waals surface area (Å²) >= 11 is 0. The third-order valence-electron chi connectivity index (χ3n) is 1.35. The minimum absolute atomic E-state index is 0.908. The lowest BCUT2D eigenvalue weighted by Crippen LogP contribution is -2.05. The molecule has 3 heteroatoms. The fraction of sp³-hybridized carbons (Fsp3) is 0.111. The van der Waals surface area contributed by atoms with E-state index in [1.165, 1.54) is 5.12 Å². The predicted octanol–water partition coefficient (Wildman–Crippen LogP) is 2.11. The number of para-hydroxylation sites is 1. The smallest absolute Gasteiger partial charge is 0.0856 e. The Labute approximate surface area is 72.0 Å². The maximum absolute atomic E-state index is 3.99. The number of benzene rings is 1. The van der Waals surface area contributed by atoms with Crippen LogP contribution in [-0.4, -0.2) is 12.9 Å². The van der Waals surface area contributed by atoms with Crippen molar-refractivity contribution in [2.24, 2.45) is 10.2 Å². The van der Waals surface area contributed by atoms with Gasteiger partial charge in [-0.3, -0.25) is 0 Å². The normalized spacial score (nSPS) is 10.1. The molecule has 0 spiro atoms. The van der Waals surface area contributed by atoms with Gasteiger partial charge in [-0.2, -0.15) is 15.3 Å². The van der Waals surface area contributed by atoms with E-state index in [2.05, 4.69) is 16.9 Å². The lowest BCUT2D eigenvalue weighted by Gasteiger charge is -2.10. The number of hydrogen-bond acceptors (Lipinski definition) is 3. The van der Waals surface area contributed by atoms with Crippen LogP contribution in [0.15, 0.2) is 40.5 Å². The summed E-state index contributed by atoms with van der Waals surface area (Å²) in [7, 11) is 0. The van der Waals surface area contributed by atoms with Crippen molar-refractivity contribution in [1.82, 2.24) is 0 Å². The van der Waals surface area contributed by atoms with Crippen molar-refractivity contribution in [3.8, 4) is 0 Å². The van der Waals surface area contributed by atoms with Crippen LogP contribution >= 0.6 is 0 Å². The highest BCUT2D eigenvalue weighted by Gasteiger charge is 1.97. The first-order chi connectivity index (χ1) is 5.88. The number of nitrogens with zero attached hydrogens (tertiary/aromatic N) is 3. The van der Waals surface area contributed by atoms with Crippen LogP contribution in [0.1, 0.15) is 6.92 Å². The van der Waals surface area contributed by atoms with E-state index in [9.17, 15) is 0 Å². The molecule has 0 bridgehead atoms. The van der Waals surface area contributed by atoms with Crippen molar-refractivity contribution in [3.63, 3.8) is 0 Å². The van der Waals surface area contributed by atoms with Gasteiger partial charge in [-0.05, 0) is 19.1 Å². The minimum atomic E-state index is 0.908. The van der Waals surface area contributed by atoms with Crippen LogP contribution in [0.3, 0.4) is 0 Å². The summed E-state index contributed by atoms with van der Waals surface area (Å²) < 4.78 is 0. The number of rotatable bonds is 3. The van der Waals surface area contributed by atoms with Crippen LogP contribution in [-0.2, 0) is 0 Å². The average Bonchev–Trinajstić information content (AvgIpc) is 2.15. The average molecular weight is 161 g/mol. The minimum Gasteiger partial charge on any atom is -0.167 e. The molecule has 62 valence electrons. The summed E-state index contributed by atoms with van der Waals surface area (Å²) in [6.45, 7) is 5.25. The molecule has 0 atom stereocenters. The molecular weight excluding hydrogens is 150 g/mol. The molecule has 1 aromatic carbocycles. The van der Waals surface area contributed by atoms with Crippen LogP contribution < -0.4 is 5.12 Å². The molecule has 0 radical (unpaired) electrons. The summed E-state index contributed by atoms with van der Waals surface area (Å²) in [5, 5.41) is 9.20. The number of hydrogen-bond donors (Lipinski definition) is 0. The molecule has 1 rings (SSSR count). The van der Waals surface area contributed by atoms with E-state index in [4.69, 9.17) is 0 Å². The highest BCUT2D eigenvalue weighted by Crippen LogP contribution is 2.12. The Morgan fingerprint density at radius 3 is 2.50 bits per heavy atom. The Kier molecular flexibility index (Phi) is 3.02. The van der Waals surface area contributed by atoms with Crippen molar-refractivity contribution in [2.75, 3.05) is 5.12 Å². The molecule has 0 unspecified atom stereocenters. The van der Waals surface area contributed by atoms with Crippen molar-refractivity contribution < 1.29 is 0 Å². The number of anilines is 1. The van der Waals surface area contributed by atoms with Crippen molar-refractivity contribution in [3.05, 3.63) is 30.3 Å². The molecule has 0 saturated carbocycles. The maximum Gasteiger partial charge on any atom is 0.0856 e. The molecule has 1 aromatic rings. The van der Waals surface area contributed by atoms with Gasteiger partial charge in [-0.15, -0.1) is 0 Å². The summed E-state index contributed by atoms with van der Waals surface area (Å²) in [5.41, 5.74) is 0.908. The zero-order valence-electron chi connectivity index (χ0n) is 7.01. The molecule has 0 aliphatic heterocycles. The van der Waals surface area contributed by atoms with E-state index >= 15 is 0 Å². The zero-order valence-corrected chi connectivity index (χ0v) is 7.01. The molecule has 0 aliphatic carbocycles. The second-order valence-electron chi connectivity index (χ2n) is 2.14. The highest BCUT2D eigenvalue weighted by atomic mass is 15.7. The summed E-state index contributed by atoms with van der Waals surface area (Å²) in [6, 6.07) is 9.64. The molecule has 0 amide bonds. The summed E-state index contributed by atoms with van der Waals surface area (Å²) in [5.74, 6) is 0. The molecule has 0 aromatic heterocycles. The van der Waals surface area contributed by atoms with E-state index in [-0.39, 0.29) is 0 Å². The van der Waals surface area contributed by atoms with Gasteiger partial charge in [0.2, 0.25) is 0 Å². The van der Waals surface area contributed by atoms with E-state index in [1.807, 2.05) is 37.3 Å². The Morgan fingerprint density at radius 2 is 2.00 bits per heavy atom. The van der Waals surface area contributed by atoms with Crippen LogP contribution in [0.5, 0.6) is 0 Å². The van der Waals surface area contributed by atoms with Gasteiger partial charge in [-0.25, -0.2) is 0 Å². The predicted molar refractivity (Wildman–Crippen MR) is 52.6 cm³/mol. The lowest BCUT2D eigenvalue weighted by molar-refractivity contribution is 0.940. The fourth-order valence-electron chi connectivity index (χ4n) is 0.856. The van der Waals surface area contributed by atoms with Gasteiger partial charge < -0.3 is 0 Å². The fourth-order valence-corrected chi connectivity index (χ4v) is 0.856. The second kappa shape index (κ2) is 4.28. The van der Waals surface area contributed by atoms with E-state index < -0.39 is 0 Å². The van der Waals surface area contributed by atoms with Crippen LogP contribution in [0.4, 0.5) is 5.69 Å². The largest absolute Gasteiger partial charge is 0.167 e. The molecule has 0 saturated heterocycles. The second-order valence-corrected chi connectivity index (χ2v) is 2.14. The zero-order chi connectivity index (χ0) is 8.81. The van der Waals surface area contributed by atoms with Crippen molar-refractivity contribution in [2.45, 2.75) is 6.92 Å². The Bertz CT molecular complexity index is 266. The van der Waals surface area contributed by atoms with Gasteiger partial charge in [0.1, 0.15) is 0 Å². The van der Waals surface area contributed by atoms with Gasteiger partial charge in [0.25, 0.3) is 0 Å². The van der Waals surface area contributed by atoms with E-state index in [0.717, 1.165) is 5.69 Å². The van der Waals surface area contributed by atoms with Crippen LogP contribution in [0.25, 0.3) is 0 Å². The molecule has 0 fully saturated rings. The molecule has 3 nitrogen and oxygen atoms in total. The van der Waals surface area contributed by atoms with Crippen LogP contribution in [0.2, 0.25) is 0 Å². The van der Waals surface area contributed by atoms with Gasteiger partial charge >= 0.3 is 0 Å². The van der Waals surface area contributed by atoms with E-state index in [0.29, 0.717) is 0 Å². The van der Waals surface area contributed by atoms with E-state index in [1.54, 1.807) is 6.21 Å². The standard InChI is InChI=1S/C9H11N3/c1-3-11-12(10-2)9-7-5-4-6-8-9/h3-8H,2H2,1H3/b11-3-. The third kappa shape index (κ3) is 1.92. The highest BCUT2D eigenvalue weighted by molar-refractivity contribution is 5.57.